The molecule has 0 radical (unpaired) electrons. The zero-order valence-corrected chi connectivity index (χ0v) is 16.5. The van der Waals surface area contributed by atoms with Crippen LogP contribution in [-0.2, 0) is 11.2 Å². The first-order valence-corrected chi connectivity index (χ1v) is 9.58. The van der Waals surface area contributed by atoms with Gasteiger partial charge in [-0.2, -0.15) is 5.10 Å². The number of aromatic nitrogens is 2. The van der Waals surface area contributed by atoms with Crippen LogP contribution in [0.5, 0.6) is 0 Å². The van der Waals surface area contributed by atoms with E-state index < -0.39 is 6.04 Å². The van der Waals surface area contributed by atoms with Crippen molar-refractivity contribution in [1.29, 1.82) is 0 Å². The average Bonchev–Trinajstić information content (AvgIpc) is 2.71. The summed E-state index contributed by atoms with van der Waals surface area (Å²) in [5.74, 6) is -0.248. The van der Waals surface area contributed by atoms with E-state index in [1.54, 1.807) is 6.07 Å². The Bertz CT molecular complexity index is 1010. The van der Waals surface area contributed by atoms with Gasteiger partial charge in [0.25, 0.3) is 5.56 Å². The van der Waals surface area contributed by atoms with E-state index in [2.05, 4.69) is 17.3 Å². The minimum atomic E-state index is -0.677. The Balaban J connectivity index is 1.88. The summed E-state index contributed by atoms with van der Waals surface area (Å²) in [7, 11) is 0. The highest BCUT2D eigenvalue weighted by molar-refractivity contribution is 5.93. The van der Waals surface area contributed by atoms with Gasteiger partial charge in [0, 0.05) is 17.3 Å². The van der Waals surface area contributed by atoms with Gasteiger partial charge in [-0.1, -0.05) is 55.8 Å². The lowest BCUT2D eigenvalue weighted by Crippen LogP contribution is -2.34. The molecule has 0 saturated carbocycles. The maximum atomic E-state index is 12.8. The zero-order valence-electron chi connectivity index (χ0n) is 16.5. The highest BCUT2D eigenvalue weighted by atomic mass is 16.2. The third kappa shape index (κ3) is 4.36. The molecule has 0 aliphatic rings. The standard InChI is InChI=1S/C23H25N3O2/c1-4-17-8-12-19(13-9-17)24-23(28)21(5-2)26-22(27)15-14-20(25-26)18-10-6-16(3)7-11-18/h6-15,21H,4-5H2,1-3H3,(H,24,28). The van der Waals surface area contributed by atoms with Crippen molar-refractivity contribution in [3.63, 3.8) is 0 Å². The van der Waals surface area contributed by atoms with Gasteiger partial charge in [-0.15, -0.1) is 0 Å². The molecule has 0 aliphatic carbocycles. The van der Waals surface area contributed by atoms with E-state index in [0.29, 0.717) is 17.8 Å². The fourth-order valence-corrected chi connectivity index (χ4v) is 3.05. The molecule has 5 heteroatoms. The molecule has 3 aromatic rings. The number of carbonyl (C=O) groups is 1. The third-order valence-corrected chi connectivity index (χ3v) is 4.79. The Morgan fingerprint density at radius 1 is 1.00 bits per heavy atom. The smallest absolute Gasteiger partial charge is 0.267 e. The quantitative estimate of drug-likeness (QED) is 0.696. The van der Waals surface area contributed by atoms with Crippen LogP contribution in [-0.4, -0.2) is 15.7 Å². The summed E-state index contributed by atoms with van der Waals surface area (Å²) in [6.07, 6.45) is 1.40. The van der Waals surface area contributed by atoms with E-state index in [9.17, 15) is 9.59 Å². The second-order valence-electron chi connectivity index (χ2n) is 6.83. The van der Waals surface area contributed by atoms with Crippen molar-refractivity contribution in [2.24, 2.45) is 0 Å². The van der Waals surface area contributed by atoms with Crippen LogP contribution in [0, 0.1) is 6.92 Å². The Morgan fingerprint density at radius 3 is 2.29 bits per heavy atom. The van der Waals surface area contributed by atoms with Gasteiger partial charge in [0.1, 0.15) is 6.04 Å². The maximum Gasteiger partial charge on any atom is 0.267 e. The Kier molecular flexibility index (Phi) is 6.04. The first-order valence-electron chi connectivity index (χ1n) is 9.58. The van der Waals surface area contributed by atoms with Crippen LogP contribution in [0.25, 0.3) is 11.3 Å². The van der Waals surface area contributed by atoms with Gasteiger partial charge >= 0.3 is 0 Å². The summed E-state index contributed by atoms with van der Waals surface area (Å²) in [4.78, 5) is 25.3. The predicted octanol–water partition coefficient (Wildman–Crippen LogP) is 4.37. The van der Waals surface area contributed by atoms with Crippen LogP contribution in [0.4, 0.5) is 5.69 Å². The van der Waals surface area contributed by atoms with E-state index in [4.69, 9.17) is 0 Å². The summed E-state index contributed by atoms with van der Waals surface area (Å²) in [5.41, 5.74) is 4.34. The molecule has 0 aliphatic heterocycles. The number of hydrogen-bond donors (Lipinski definition) is 1. The topological polar surface area (TPSA) is 64.0 Å². The molecule has 2 aromatic carbocycles. The summed E-state index contributed by atoms with van der Waals surface area (Å²) >= 11 is 0. The lowest BCUT2D eigenvalue weighted by atomic mass is 10.1. The highest BCUT2D eigenvalue weighted by Crippen LogP contribution is 2.19. The van der Waals surface area contributed by atoms with Crippen LogP contribution in [0.2, 0.25) is 0 Å². The van der Waals surface area contributed by atoms with Gasteiger partial charge in [0.05, 0.1) is 5.69 Å². The SMILES string of the molecule is CCc1ccc(NC(=O)C(CC)n2nc(-c3ccc(C)cc3)ccc2=O)cc1. The summed E-state index contributed by atoms with van der Waals surface area (Å²) in [6.45, 7) is 5.97. The fraction of sp³-hybridized carbons (Fsp3) is 0.261. The molecule has 0 spiro atoms. The largest absolute Gasteiger partial charge is 0.324 e. The number of nitrogens with one attached hydrogen (secondary N) is 1. The van der Waals surface area contributed by atoms with Crippen molar-refractivity contribution in [2.45, 2.75) is 39.7 Å². The van der Waals surface area contributed by atoms with Gasteiger partial charge < -0.3 is 5.32 Å². The van der Waals surface area contributed by atoms with E-state index in [-0.39, 0.29) is 11.5 Å². The van der Waals surface area contributed by atoms with E-state index in [0.717, 1.165) is 17.5 Å². The molecule has 144 valence electrons. The van der Waals surface area contributed by atoms with Crippen molar-refractivity contribution >= 4 is 11.6 Å². The average molecular weight is 375 g/mol. The molecule has 1 aromatic heterocycles. The maximum absolute atomic E-state index is 12.8. The molecule has 1 unspecified atom stereocenters. The molecule has 5 nitrogen and oxygen atoms in total. The van der Waals surface area contributed by atoms with Crippen molar-refractivity contribution in [3.8, 4) is 11.3 Å². The number of aryl methyl sites for hydroxylation is 2. The van der Waals surface area contributed by atoms with Crippen LogP contribution in [0.3, 0.4) is 0 Å². The van der Waals surface area contributed by atoms with Gasteiger partial charge in [-0.05, 0) is 43.5 Å². The van der Waals surface area contributed by atoms with E-state index in [1.165, 1.54) is 16.3 Å². The molecule has 1 amide bonds. The summed E-state index contributed by atoms with van der Waals surface area (Å²) in [6, 6.07) is 18.1. The molecule has 1 N–H and O–H groups in total. The molecule has 1 atom stereocenters. The predicted molar refractivity (Wildman–Crippen MR) is 112 cm³/mol. The van der Waals surface area contributed by atoms with Crippen molar-refractivity contribution in [2.75, 3.05) is 5.32 Å². The highest BCUT2D eigenvalue weighted by Gasteiger charge is 2.21. The lowest BCUT2D eigenvalue weighted by molar-refractivity contribution is -0.119. The van der Waals surface area contributed by atoms with Gasteiger partial charge in [-0.3, -0.25) is 9.59 Å². The monoisotopic (exact) mass is 375 g/mol. The van der Waals surface area contributed by atoms with Crippen molar-refractivity contribution in [3.05, 3.63) is 82.1 Å². The normalized spacial score (nSPS) is 11.8. The first kappa shape index (κ1) is 19.5. The number of benzene rings is 2. The second kappa shape index (κ2) is 8.65. The molecule has 0 saturated heterocycles. The second-order valence-corrected chi connectivity index (χ2v) is 6.83. The molecule has 1 heterocycles. The van der Waals surface area contributed by atoms with Gasteiger partial charge in [0.2, 0.25) is 5.91 Å². The minimum absolute atomic E-state index is 0.248. The minimum Gasteiger partial charge on any atom is -0.324 e. The molecular formula is C23H25N3O2. The molecule has 0 fully saturated rings. The number of nitrogens with zero attached hydrogens (tertiary/aromatic N) is 2. The Hall–Kier alpha value is -3.21. The van der Waals surface area contributed by atoms with Crippen molar-refractivity contribution < 1.29 is 4.79 Å². The first-order chi connectivity index (χ1) is 13.5. The van der Waals surface area contributed by atoms with E-state index in [1.807, 2.05) is 62.4 Å². The van der Waals surface area contributed by atoms with Crippen molar-refractivity contribution in [1.82, 2.24) is 9.78 Å². The van der Waals surface area contributed by atoms with Crippen LogP contribution < -0.4 is 10.9 Å². The number of carbonyl (C=O) groups excluding carboxylic acids is 1. The zero-order chi connectivity index (χ0) is 20.1. The molecule has 28 heavy (non-hydrogen) atoms. The molecular weight excluding hydrogens is 350 g/mol. The van der Waals surface area contributed by atoms with E-state index >= 15 is 0 Å². The number of rotatable bonds is 6. The Morgan fingerprint density at radius 2 is 1.68 bits per heavy atom. The fourth-order valence-electron chi connectivity index (χ4n) is 3.05. The van der Waals surface area contributed by atoms with Gasteiger partial charge in [-0.25, -0.2) is 4.68 Å². The van der Waals surface area contributed by atoms with Crippen LogP contribution in [0.15, 0.2) is 65.5 Å². The summed E-state index contributed by atoms with van der Waals surface area (Å²) < 4.78 is 1.28. The number of anilines is 1. The lowest BCUT2D eigenvalue weighted by Gasteiger charge is -2.17. The molecule has 3 rings (SSSR count). The Labute approximate surface area is 165 Å². The number of hydrogen-bond acceptors (Lipinski definition) is 3. The number of amides is 1. The van der Waals surface area contributed by atoms with Crippen LogP contribution >= 0.6 is 0 Å². The van der Waals surface area contributed by atoms with Crippen LogP contribution in [0.1, 0.15) is 37.4 Å². The van der Waals surface area contributed by atoms with Gasteiger partial charge in [0.15, 0.2) is 0 Å². The summed E-state index contributed by atoms with van der Waals surface area (Å²) in [5, 5.41) is 7.37. The third-order valence-electron chi connectivity index (χ3n) is 4.79. The molecule has 0 bridgehead atoms.